The van der Waals surface area contributed by atoms with E-state index in [4.69, 9.17) is 0 Å². The number of aliphatic hydroxyl groups excluding tert-OH is 1. The number of halogens is 4. The molecule has 2 rings (SSSR count). The number of alkyl halides is 3. The van der Waals surface area contributed by atoms with E-state index in [1.807, 2.05) is 6.07 Å². The fourth-order valence-electron chi connectivity index (χ4n) is 1.81. The molecule has 0 spiro atoms. The van der Waals surface area contributed by atoms with Crippen LogP contribution in [-0.2, 0) is 12.6 Å². The molecule has 1 aromatic heterocycles. The highest BCUT2D eigenvalue weighted by Crippen LogP contribution is 2.36. The van der Waals surface area contributed by atoms with Gasteiger partial charge in [0.1, 0.15) is 0 Å². The van der Waals surface area contributed by atoms with Crippen molar-refractivity contribution in [2.24, 2.45) is 0 Å². The molecule has 0 bridgehead atoms. The highest BCUT2D eigenvalue weighted by molar-refractivity contribution is 9.11. The van der Waals surface area contributed by atoms with Crippen LogP contribution in [0.4, 0.5) is 13.2 Å². The molecule has 0 aliphatic heterocycles. The Bertz CT molecular complexity index is 565. The Kier molecular flexibility index (Phi) is 4.32. The van der Waals surface area contributed by atoms with Crippen molar-refractivity contribution < 1.29 is 18.3 Å². The summed E-state index contributed by atoms with van der Waals surface area (Å²) in [6.07, 6.45) is -5.44. The highest BCUT2D eigenvalue weighted by Gasteiger charge is 2.34. The highest BCUT2D eigenvalue weighted by atomic mass is 79.9. The molecular weight excluding hydrogens is 341 g/mol. The number of benzene rings is 1. The molecule has 102 valence electrons. The molecule has 1 unspecified atom stereocenters. The van der Waals surface area contributed by atoms with Crippen LogP contribution in [0.5, 0.6) is 0 Å². The minimum Gasteiger partial charge on any atom is -0.388 e. The average Bonchev–Trinajstić information content (AvgIpc) is 2.73. The molecular formula is C13H10BrF3OS. The van der Waals surface area contributed by atoms with Crippen LogP contribution in [0.15, 0.2) is 40.2 Å². The first-order chi connectivity index (χ1) is 8.88. The zero-order chi connectivity index (χ0) is 14.0. The maximum Gasteiger partial charge on any atom is 0.416 e. The maximum atomic E-state index is 12.8. The normalized spacial score (nSPS) is 13.5. The predicted molar refractivity (Wildman–Crippen MR) is 72.1 cm³/mol. The van der Waals surface area contributed by atoms with E-state index in [0.29, 0.717) is 0 Å². The summed E-state index contributed by atoms with van der Waals surface area (Å²) in [6.45, 7) is 0. The summed E-state index contributed by atoms with van der Waals surface area (Å²) < 4.78 is 39.4. The van der Waals surface area contributed by atoms with Crippen molar-refractivity contribution in [1.82, 2.24) is 0 Å². The van der Waals surface area contributed by atoms with Gasteiger partial charge in [-0.05, 0) is 39.7 Å². The second kappa shape index (κ2) is 5.64. The van der Waals surface area contributed by atoms with Crippen LogP contribution in [0.3, 0.4) is 0 Å². The van der Waals surface area contributed by atoms with Gasteiger partial charge in [-0.25, -0.2) is 0 Å². The third-order valence-electron chi connectivity index (χ3n) is 2.65. The molecule has 0 amide bonds. The zero-order valence-electron chi connectivity index (χ0n) is 9.62. The summed E-state index contributed by atoms with van der Waals surface area (Å²) in [7, 11) is 0. The molecule has 0 fully saturated rings. The van der Waals surface area contributed by atoms with E-state index in [2.05, 4.69) is 15.9 Å². The van der Waals surface area contributed by atoms with Crippen LogP contribution in [-0.4, -0.2) is 5.11 Å². The second-order valence-corrected chi connectivity index (χ2v) is 6.56. The van der Waals surface area contributed by atoms with Crippen molar-refractivity contribution in [3.8, 4) is 0 Å². The first-order valence-electron chi connectivity index (χ1n) is 5.46. The Morgan fingerprint density at radius 3 is 2.42 bits per heavy atom. The summed E-state index contributed by atoms with van der Waals surface area (Å²) in [6, 6.07) is 8.72. The van der Waals surface area contributed by atoms with E-state index in [1.54, 1.807) is 6.07 Å². The maximum absolute atomic E-state index is 12.8. The predicted octanol–water partition coefficient (Wildman–Crippen LogP) is 4.81. The minimum absolute atomic E-state index is 0.0838. The summed E-state index contributed by atoms with van der Waals surface area (Å²) in [5.74, 6) is 0. The van der Waals surface area contributed by atoms with Gasteiger partial charge in [-0.2, -0.15) is 13.2 Å². The quantitative estimate of drug-likeness (QED) is 0.842. The van der Waals surface area contributed by atoms with Crippen molar-refractivity contribution in [3.63, 3.8) is 0 Å². The molecule has 1 atom stereocenters. The third-order valence-corrected chi connectivity index (χ3v) is 4.29. The summed E-state index contributed by atoms with van der Waals surface area (Å²) >= 11 is 4.68. The van der Waals surface area contributed by atoms with Crippen molar-refractivity contribution in [2.45, 2.75) is 18.7 Å². The average molecular weight is 351 g/mol. The number of thiophene rings is 1. The van der Waals surface area contributed by atoms with Crippen molar-refractivity contribution in [3.05, 3.63) is 56.2 Å². The Labute approximate surface area is 120 Å². The van der Waals surface area contributed by atoms with Gasteiger partial charge in [-0.1, -0.05) is 18.2 Å². The lowest BCUT2D eigenvalue weighted by molar-refractivity contribution is -0.139. The second-order valence-electron chi connectivity index (χ2n) is 4.01. The smallest absolute Gasteiger partial charge is 0.388 e. The van der Waals surface area contributed by atoms with Crippen LogP contribution in [0, 0.1) is 0 Å². The van der Waals surface area contributed by atoms with Gasteiger partial charge in [-0.15, -0.1) is 11.3 Å². The Hall–Kier alpha value is -0.850. The lowest BCUT2D eigenvalue weighted by atomic mass is 9.99. The number of rotatable bonds is 3. The molecule has 1 aromatic carbocycles. The van der Waals surface area contributed by atoms with E-state index >= 15 is 0 Å². The largest absolute Gasteiger partial charge is 0.416 e. The fraction of sp³-hybridized carbons (Fsp3) is 0.231. The van der Waals surface area contributed by atoms with E-state index in [-0.39, 0.29) is 12.0 Å². The minimum atomic E-state index is -4.45. The molecule has 0 saturated carbocycles. The molecule has 6 heteroatoms. The Morgan fingerprint density at radius 2 is 1.84 bits per heavy atom. The zero-order valence-corrected chi connectivity index (χ0v) is 12.0. The molecule has 2 aromatic rings. The molecule has 1 heterocycles. The van der Waals surface area contributed by atoms with Gasteiger partial charge in [0.05, 0.1) is 15.5 Å². The molecule has 0 radical (unpaired) electrons. The monoisotopic (exact) mass is 350 g/mol. The SMILES string of the molecule is OC(Cc1ccc(Br)s1)c1ccccc1C(F)(F)F. The van der Waals surface area contributed by atoms with Crippen LogP contribution in [0.25, 0.3) is 0 Å². The van der Waals surface area contributed by atoms with Crippen LogP contribution >= 0.6 is 27.3 Å². The number of aliphatic hydroxyl groups is 1. The molecule has 1 nitrogen and oxygen atoms in total. The Morgan fingerprint density at radius 1 is 1.16 bits per heavy atom. The third kappa shape index (κ3) is 3.58. The van der Waals surface area contributed by atoms with Gasteiger partial charge < -0.3 is 5.11 Å². The van der Waals surface area contributed by atoms with Crippen molar-refractivity contribution in [2.75, 3.05) is 0 Å². The van der Waals surface area contributed by atoms with E-state index in [0.717, 1.165) is 14.7 Å². The molecule has 0 aliphatic carbocycles. The van der Waals surface area contributed by atoms with Gasteiger partial charge in [0.2, 0.25) is 0 Å². The number of hydrogen-bond acceptors (Lipinski definition) is 2. The van der Waals surface area contributed by atoms with Gasteiger partial charge in [0, 0.05) is 11.3 Å². The first kappa shape index (κ1) is 14.6. The first-order valence-corrected chi connectivity index (χ1v) is 7.07. The lowest BCUT2D eigenvalue weighted by Crippen LogP contribution is -2.12. The van der Waals surface area contributed by atoms with Crippen LogP contribution < -0.4 is 0 Å². The van der Waals surface area contributed by atoms with Crippen LogP contribution in [0.1, 0.15) is 22.1 Å². The summed E-state index contributed by atoms with van der Waals surface area (Å²) in [5.41, 5.74) is -0.863. The molecule has 19 heavy (non-hydrogen) atoms. The van der Waals surface area contributed by atoms with E-state index < -0.39 is 17.8 Å². The van der Waals surface area contributed by atoms with E-state index in [9.17, 15) is 18.3 Å². The van der Waals surface area contributed by atoms with Gasteiger partial charge in [-0.3, -0.25) is 0 Å². The summed E-state index contributed by atoms with van der Waals surface area (Å²) in [5, 5.41) is 10.0. The molecule has 0 aliphatic rings. The summed E-state index contributed by atoms with van der Waals surface area (Å²) in [4.78, 5) is 0.830. The van der Waals surface area contributed by atoms with Gasteiger partial charge in [0.25, 0.3) is 0 Å². The van der Waals surface area contributed by atoms with Crippen LogP contribution in [0.2, 0.25) is 0 Å². The fourth-order valence-corrected chi connectivity index (χ4v) is 3.33. The Balaban J connectivity index is 2.26. The number of hydrogen-bond donors (Lipinski definition) is 1. The van der Waals surface area contributed by atoms with Crippen molar-refractivity contribution in [1.29, 1.82) is 0 Å². The topological polar surface area (TPSA) is 20.2 Å². The van der Waals surface area contributed by atoms with Gasteiger partial charge in [0.15, 0.2) is 0 Å². The molecule has 1 N–H and O–H groups in total. The standard InChI is InChI=1S/C13H10BrF3OS/c14-12-6-5-8(19-12)7-11(18)9-3-1-2-4-10(9)13(15,16)17/h1-6,11,18H,7H2. The molecule has 0 saturated heterocycles. The van der Waals surface area contributed by atoms with E-state index in [1.165, 1.54) is 29.5 Å². The van der Waals surface area contributed by atoms with Crippen molar-refractivity contribution >= 4 is 27.3 Å². The lowest BCUT2D eigenvalue weighted by Gasteiger charge is -2.16. The van der Waals surface area contributed by atoms with Gasteiger partial charge >= 0.3 is 6.18 Å².